The number of anilines is 2. The van der Waals surface area contributed by atoms with Gasteiger partial charge in [0.15, 0.2) is 5.78 Å². The molecule has 0 aromatic heterocycles. The first-order valence-electron chi connectivity index (χ1n) is 12.2. The quantitative estimate of drug-likeness (QED) is 0.129. The van der Waals surface area contributed by atoms with Crippen LogP contribution in [0, 0.1) is 0 Å². The van der Waals surface area contributed by atoms with Gasteiger partial charge in [0.1, 0.15) is 0 Å². The fourth-order valence-electron chi connectivity index (χ4n) is 3.46. The van der Waals surface area contributed by atoms with Crippen molar-refractivity contribution < 1.29 is 9.59 Å². The average Bonchev–Trinajstić information content (AvgIpc) is 2.82. The summed E-state index contributed by atoms with van der Waals surface area (Å²) >= 11 is 0. The predicted octanol–water partition coefficient (Wildman–Crippen LogP) is 7.47. The number of carbonyl (C=O) groups excluding carboxylic acids is 2. The molecule has 0 unspecified atom stereocenters. The first-order chi connectivity index (χ1) is 16.1. The zero-order valence-electron chi connectivity index (χ0n) is 19.9. The molecule has 0 atom stereocenters. The molecule has 0 aliphatic carbocycles. The summed E-state index contributed by atoms with van der Waals surface area (Å²) in [6, 6.07) is 13.9. The van der Waals surface area contributed by atoms with E-state index < -0.39 is 0 Å². The summed E-state index contributed by atoms with van der Waals surface area (Å²) in [5.41, 5.74) is 8.19. The molecule has 4 heteroatoms. The van der Waals surface area contributed by atoms with Gasteiger partial charge >= 0.3 is 0 Å². The molecule has 33 heavy (non-hydrogen) atoms. The molecule has 2 aromatic rings. The highest BCUT2D eigenvalue weighted by Gasteiger charge is 2.09. The predicted molar refractivity (Wildman–Crippen MR) is 139 cm³/mol. The first kappa shape index (κ1) is 26.1. The number of nitrogens with two attached hydrogens (primary N) is 1. The van der Waals surface area contributed by atoms with Crippen molar-refractivity contribution in [1.82, 2.24) is 0 Å². The van der Waals surface area contributed by atoms with Gasteiger partial charge in [-0.3, -0.25) is 9.59 Å². The van der Waals surface area contributed by atoms with E-state index in [-0.39, 0.29) is 11.7 Å². The summed E-state index contributed by atoms with van der Waals surface area (Å²) in [7, 11) is 0. The van der Waals surface area contributed by atoms with Crippen molar-refractivity contribution in [1.29, 1.82) is 0 Å². The summed E-state index contributed by atoms with van der Waals surface area (Å²) < 4.78 is 0. The van der Waals surface area contributed by atoms with Gasteiger partial charge in [-0.05, 0) is 80.6 Å². The first-order valence-corrected chi connectivity index (χ1v) is 12.2. The molecular formula is C29H38N2O2. The fourth-order valence-corrected chi connectivity index (χ4v) is 3.46. The molecule has 0 radical (unpaired) electrons. The summed E-state index contributed by atoms with van der Waals surface area (Å²) in [6.07, 6.45) is 19.7. The molecule has 0 aliphatic heterocycles. The van der Waals surface area contributed by atoms with E-state index in [1.54, 1.807) is 48.5 Å². The standard InChI is InChI=1S/C29H38N2O2/c1-2-3-4-5-6-7-8-9-10-11-12-13-14-15-28(32)31-27-22-18-25(19-23-27)29(33)24-16-20-26(30)21-17-24/h5-6,8-9,16-23H,2-4,7,10-15,30H2,1H3,(H,31,32)/b6-5+,9-8+. The van der Waals surface area contributed by atoms with E-state index in [0.29, 0.717) is 28.9 Å². The molecule has 3 N–H and O–H groups in total. The summed E-state index contributed by atoms with van der Waals surface area (Å²) in [5.74, 6) is -0.0477. The molecule has 0 bridgehead atoms. The van der Waals surface area contributed by atoms with Crippen LogP contribution in [0.2, 0.25) is 0 Å². The monoisotopic (exact) mass is 446 g/mol. The minimum Gasteiger partial charge on any atom is -0.399 e. The lowest BCUT2D eigenvalue weighted by atomic mass is 10.0. The third-order valence-corrected chi connectivity index (χ3v) is 5.46. The molecule has 0 saturated carbocycles. The molecule has 0 saturated heterocycles. The highest BCUT2D eigenvalue weighted by atomic mass is 16.1. The molecule has 2 rings (SSSR count). The van der Waals surface area contributed by atoms with Crippen LogP contribution >= 0.6 is 0 Å². The summed E-state index contributed by atoms with van der Waals surface area (Å²) in [5, 5.41) is 2.91. The molecular weight excluding hydrogens is 408 g/mol. The largest absolute Gasteiger partial charge is 0.399 e. The number of unbranched alkanes of at least 4 members (excludes halogenated alkanes) is 6. The Bertz CT molecular complexity index is 896. The molecule has 0 fully saturated rings. The van der Waals surface area contributed by atoms with Gasteiger partial charge in [0.05, 0.1) is 0 Å². The number of rotatable bonds is 15. The number of amides is 1. The number of nitrogen functional groups attached to an aromatic ring is 1. The van der Waals surface area contributed by atoms with Gasteiger partial charge in [-0.25, -0.2) is 0 Å². The number of nitrogens with one attached hydrogen (secondary N) is 1. The fraction of sp³-hybridized carbons (Fsp3) is 0.379. The van der Waals surface area contributed by atoms with Crippen LogP contribution in [0.4, 0.5) is 11.4 Å². The van der Waals surface area contributed by atoms with Gasteiger partial charge in [0.25, 0.3) is 0 Å². The molecule has 176 valence electrons. The second-order valence-corrected chi connectivity index (χ2v) is 8.35. The maximum atomic E-state index is 12.5. The molecule has 4 nitrogen and oxygen atoms in total. The van der Waals surface area contributed by atoms with Crippen LogP contribution in [0.5, 0.6) is 0 Å². The van der Waals surface area contributed by atoms with Gasteiger partial charge in [-0.1, -0.05) is 56.9 Å². The number of ketones is 1. The van der Waals surface area contributed by atoms with E-state index in [0.717, 1.165) is 32.1 Å². The van der Waals surface area contributed by atoms with Crippen LogP contribution in [0.25, 0.3) is 0 Å². The number of carbonyl (C=O) groups is 2. The smallest absolute Gasteiger partial charge is 0.224 e. The Hall–Kier alpha value is -3.14. The summed E-state index contributed by atoms with van der Waals surface area (Å²) in [4.78, 5) is 24.7. The van der Waals surface area contributed by atoms with Crippen molar-refractivity contribution in [3.8, 4) is 0 Å². The van der Waals surface area contributed by atoms with Crippen molar-refractivity contribution in [3.63, 3.8) is 0 Å². The lowest BCUT2D eigenvalue weighted by Gasteiger charge is -2.07. The van der Waals surface area contributed by atoms with Gasteiger partial charge in [0.2, 0.25) is 5.91 Å². The van der Waals surface area contributed by atoms with E-state index in [2.05, 4.69) is 36.5 Å². The van der Waals surface area contributed by atoms with Crippen LogP contribution in [0.1, 0.15) is 87.1 Å². The Kier molecular flexibility index (Phi) is 12.4. The number of allylic oxidation sites excluding steroid dienone is 4. The number of hydrogen-bond acceptors (Lipinski definition) is 3. The Balaban J connectivity index is 1.58. The average molecular weight is 447 g/mol. The van der Waals surface area contributed by atoms with Gasteiger partial charge < -0.3 is 11.1 Å². The minimum absolute atomic E-state index is 0.0161. The van der Waals surface area contributed by atoms with Gasteiger partial charge in [-0.2, -0.15) is 0 Å². The lowest BCUT2D eigenvalue weighted by Crippen LogP contribution is -2.11. The number of hydrogen-bond donors (Lipinski definition) is 2. The summed E-state index contributed by atoms with van der Waals surface area (Å²) in [6.45, 7) is 2.22. The van der Waals surface area contributed by atoms with E-state index in [1.165, 1.54) is 25.7 Å². The molecule has 0 aliphatic rings. The molecule has 0 heterocycles. The van der Waals surface area contributed by atoms with Crippen LogP contribution in [0.15, 0.2) is 72.8 Å². The zero-order valence-corrected chi connectivity index (χ0v) is 19.9. The molecule has 1 amide bonds. The minimum atomic E-state index is -0.0637. The zero-order chi connectivity index (χ0) is 23.7. The maximum absolute atomic E-state index is 12.5. The third kappa shape index (κ3) is 10.8. The van der Waals surface area contributed by atoms with Crippen LogP contribution < -0.4 is 11.1 Å². The lowest BCUT2D eigenvalue weighted by molar-refractivity contribution is -0.116. The molecule has 2 aromatic carbocycles. The topological polar surface area (TPSA) is 72.2 Å². The van der Waals surface area contributed by atoms with Crippen LogP contribution in [0.3, 0.4) is 0 Å². The van der Waals surface area contributed by atoms with Crippen LogP contribution in [-0.4, -0.2) is 11.7 Å². The highest BCUT2D eigenvalue weighted by molar-refractivity contribution is 6.09. The van der Waals surface area contributed by atoms with Gasteiger partial charge in [-0.15, -0.1) is 0 Å². The van der Waals surface area contributed by atoms with Crippen molar-refractivity contribution in [2.45, 2.75) is 71.1 Å². The van der Waals surface area contributed by atoms with Crippen molar-refractivity contribution in [2.75, 3.05) is 11.1 Å². The van der Waals surface area contributed by atoms with Crippen molar-refractivity contribution >= 4 is 23.1 Å². The SMILES string of the molecule is CCCC/C=C/C/C=C/CCCCCCC(=O)Nc1ccc(C(=O)c2ccc(N)cc2)cc1. The van der Waals surface area contributed by atoms with E-state index >= 15 is 0 Å². The van der Waals surface area contributed by atoms with Crippen molar-refractivity contribution in [2.24, 2.45) is 0 Å². The number of benzene rings is 2. The third-order valence-electron chi connectivity index (χ3n) is 5.46. The molecule has 0 spiro atoms. The highest BCUT2D eigenvalue weighted by Crippen LogP contribution is 2.16. The van der Waals surface area contributed by atoms with E-state index in [4.69, 9.17) is 5.73 Å². The normalized spacial score (nSPS) is 11.3. The Morgan fingerprint density at radius 2 is 1.33 bits per heavy atom. The second-order valence-electron chi connectivity index (χ2n) is 8.35. The van der Waals surface area contributed by atoms with Gasteiger partial charge in [0, 0.05) is 28.9 Å². The van der Waals surface area contributed by atoms with Crippen molar-refractivity contribution in [3.05, 3.63) is 84.0 Å². The Morgan fingerprint density at radius 1 is 0.758 bits per heavy atom. The second kappa shape index (κ2) is 15.6. The maximum Gasteiger partial charge on any atom is 0.224 e. The van der Waals surface area contributed by atoms with Crippen LogP contribution in [-0.2, 0) is 4.79 Å². The van der Waals surface area contributed by atoms with E-state index in [9.17, 15) is 9.59 Å². The van der Waals surface area contributed by atoms with E-state index in [1.807, 2.05) is 0 Å². The Morgan fingerprint density at radius 3 is 1.97 bits per heavy atom. The Labute approximate surface area is 199 Å².